The van der Waals surface area contributed by atoms with E-state index in [1.165, 1.54) is 13.3 Å². The molecular formula is C24H28BrN3O5. The third-order valence-electron chi connectivity index (χ3n) is 4.57. The number of amides is 2. The van der Waals surface area contributed by atoms with Gasteiger partial charge in [0.15, 0.2) is 11.5 Å². The van der Waals surface area contributed by atoms with E-state index in [1.54, 1.807) is 63.4 Å². The van der Waals surface area contributed by atoms with Gasteiger partial charge in [0.1, 0.15) is 18.3 Å². The Morgan fingerprint density at radius 1 is 1.12 bits per heavy atom. The average Bonchev–Trinajstić information content (AvgIpc) is 2.78. The van der Waals surface area contributed by atoms with Crippen LogP contribution in [0.2, 0.25) is 0 Å². The minimum absolute atomic E-state index is 0.242. The highest BCUT2D eigenvalue weighted by Crippen LogP contribution is 2.36. The van der Waals surface area contributed by atoms with Crippen LogP contribution in [0, 0.1) is 11.8 Å². The molecule has 9 heteroatoms. The summed E-state index contributed by atoms with van der Waals surface area (Å²) in [5.41, 5.74) is 3.68. The molecule has 0 fully saturated rings. The number of benzene rings is 2. The second-order valence-electron chi connectivity index (χ2n) is 7.31. The lowest BCUT2D eigenvalue weighted by Crippen LogP contribution is -2.39. The van der Waals surface area contributed by atoms with Crippen molar-refractivity contribution in [3.63, 3.8) is 0 Å². The third kappa shape index (κ3) is 7.35. The number of rotatable bonds is 11. The van der Waals surface area contributed by atoms with Gasteiger partial charge in [0.25, 0.3) is 5.91 Å². The SMILES string of the molecule is C=CCOc1c(Br)cc(C=NNC(=O)C(C(=O)Nc2ccc(OC)cc2)C(C)C)cc1OC. The Hall–Kier alpha value is -3.33. The van der Waals surface area contributed by atoms with Gasteiger partial charge in [-0.1, -0.05) is 26.5 Å². The van der Waals surface area contributed by atoms with Crippen molar-refractivity contribution in [2.24, 2.45) is 16.9 Å². The van der Waals surface area contributed by atoms with Crippen molar-refractivity contribution in [3.8, 4) is 17.2 Å². The van der Waals surface area contributed by atoms with E-state index in [0.29, 0.717) is 39.6 Å². The summed E-state index contributed by atoms with van der Waals surface area (Å²) in [7, 11) is 3.09. The van der Waals surface area contributed by atoms with Crippen molar-refractivity contribution >= 4 is 39.6 Å². The molecule has 0 saturated carbocycles. The molecule has 2 aromatic carbocycles. The molecule has 0 aliphatic carbocycles. The molecule has 2 rings (SSSR count). The summed E-state index contributed by atoms with van der Waals surface area (Å²) < 4.78 is 16.7. The minimum Gasteiger partial charge on any atom is -0.497 e. The quantitative estimate of drug-likeness (QED) is 0.199. The highest BCUT2D eigenvalue weighted by Gasteiger charge is 2.30. The van der Waals surface area contributed by atoms with Gasteiger partial charge in [-0.05, 0) is 63.8 Å². The number of ether oxygens (including phenoxy) is 3. The molecule has 2 N–H and O–H groups in total. The smallest absolute Gasteiger partial charge is 0.252 e. The number of hydrogen-bond donors (Lipinski definition) is 2. The molecule has 1 atom stereocenters. The normalized spacial score (nSPS) is 11.7. The second kappa shape index (κ2) is 12.6. The number of hydrogen-bond acceptors (Lipinski definition) is 6. The monoisotopic (exact) mass is 517 g/mol. The predicted molar refractivity (Wildman–Crippen MR) is 132 cm³/mol. The largest absolute Gasteiger partial charge is 0.497 e. The standard InChI is InChI=1S/C24H28BrN3O5/c1-6-11-33-22-19(25)12-16(13-20(22)32-5)14-26-28-24(30)21(15(2)3)23(29)27-17-7-9-18(31-4)10-8-17/h6-10,12-15,21H,1,11H2,2-5H3,(H,27,29)(H,28,30). The molecule has 2 aromatic rings. The van der Waals surface area contributed by atoms with Gasteiger partial charge < -0.3 is 19.5 Å². The maximum atomic E-state index is 12.7. The highest BCUT2D eigenvalue weighted by atomic mass is 79.9. The van der Waals surface area contributed by atoms with Crippen LogP contribution in [-0.2, 0) is 9.59 Å². The lowest BCUT2D eigenvalue weighted by molar-refractivity contribution is -0.134. The summed E-state index contributed by atoms with van der Waals surface area (Å²) in [5, 5.41) is 6.77. The van der Waals surface area contributed by atoms with Crippen molar-refractivity contribution in [2.45, 2.75) is 13.8 Å². The van der Waals surface area contributed by atoms with Gasteiger partial charge in [0.05, 0.1) is 24.9 Å². The molecule has 33 heavy (non-hydrogen) atoms. The molecule has 176 valence electrons. The van der Waals surface area contributed by atoms with Gasteiger partial charge in [-0.15, -0.1) is 0 Å². The van der Waals surface area contributed by atoms with Gasteiger partial charge in [-0.2, -0.15) is 5.10 Å². The summed E-state index contributed by atoms with van der Waals surface area (Å²) in [6.07, 6.45) is 3.09. The first-order chi connectivity index (χ1) is 15.8. The summed E-state index contributed by atoms with van der Waals surface area (Å²) in [6, 6.07) is 10.4. The van der Waals surface area contributed by atoms with Crippen LogP contribution in [0.4, 0.5) is 5.69 Å². The number of anilines is 1. The molecule has 0 aromatic heterocycles. The van der Waals surface area contributed by atoms with E-state index in [1.807, 2.05) is 0 Å². The fraction of sp³-hybridized carbons (Fsp3) is 0.292. The van der Waals surface area contributed by atoms with Crippen molar-refractivity contribution in [2.75, 3.05) is 26.1 Å². The predicted octanol–water partition coefficient (Wildman–Crippen LogP) is 4.39. The number of halogens is 1. The molecule has 1 unspecified atom stereocenters. The Kier molecular flexibility index (Phi) is 9.93. The van der Waals surface area contributed by atoms with Crippen LogP contribution in [0.25, 0.3) is 0 Å². The Morgan fingerprint density at radius 2 is 1.82 bits per heavy atom. The fourth-order valence-electron chi connectivity index (χ4n) is 2.96. The molecule has 0 heterocycles. The highest BCUT2D eigenvalue weighted by molar-refractivity contribution is 9.10. The summed E-state index contributed by atoms with van der Waals surface area (Å²) >= 11 is 3.44. The van der Waals surface area contributed by atoms with Crippen molar-refractivity contribution < 1.29 is 23.8 Å². The molecule has 0 bridgehead atoms. The maximum Gasteiger partial charge on any atom is 0.252 e. The Labute approximate surface area is 202 Å². The first-order valence-electron chi connectivity index (χ1n) is 10.2. The van der Waals surface area contributed by atoms with Crippen LogP contribution in [0.1, 0.15) is 19.4 Å². The van der Waals surface area contributed by atoms with Gasteiger partial charge in [-0.3, -0.25) is 9.59 Å². The summed E-state index contributed by atoms with van der Waals surface area (Å²) in [6.45, 7) is 7.55. The lowest BCUT2D eigenvalue weighted by atomic mass is 9.94. The zero-order valence-electron chi connectivity index (χ0n) is 19.1. The van der Waals surface area contributed by atoms with E-state index in [4.69, 9.17) is 14.2 Å². The molecule has 0 radical (unpaired) electrons. The van der Waals surface area contributed by atoms with E-state index < -0.39 is 17.7 Å². The first-order valence-corrected chi connectivity index (χ1v) is 11.0. The van der Waals surface area contributed by atoms with E-state index in [9.17, 15) is 9.59 Å². The summed E-state index contributed by atoms with van der Waals surface area (Å²) in [4.78, 5) is 25.4. The van der Waals surface area contributed by atoms with Crippen LogP contribution >= 0.6 is 15.9 Å². The van der Waals surface area contributed by atoms with Gasteiger partial charge in [0.2, 0.25) is 5.91 Å². The molecule has 0 aliphatic rings. The second-order valence-corrected chi connectivity index (χ2v) is 8.16. The Bertz CT molecular complexity index is 1010. The van der Waals surface area contributed by atoms with Crippen molar-refractivity contribution in [1.82, 2.24) is 5.43 Å². The third-order valence-corrected chi connectivity index (χ3v) is 5.16. The number of nitrogens with one attached hydrogen (secondary N) is 2. The first kappa shape index (κ1) is 25.9. The number of methoxy groups -OCH3 is 2. The van der Waals surface area contributed by atoms with Crippen molar-refractivity contribution in [1.29, 1.82) is 0 Å². The number of hydrazone groups is 1. The van der Waals surface area contributed by atoms with Gasteiger partial charge >= 0.3 is 0 Å². The van der Waals surface area contributed by atoms with Crippen LogP contribution in [-0.4, -0.2) is 38.9 Å². The Morgan fingerprint density at radius 3 is 2.39 bits per heavy atom. The zero-order valence-corrected chi connectivity index (χ0v) is 20.6. The maximum absolute atomic E-state index is 12.7. The van der Waals surface area contributed by atoms with Gasteiger partial charge in [0, 0.05) is 5.69 Å². The topological polar surface area (TPSA) is 98.2 Å². The minimum atomic E-state index is -0.930. The molecule has 8 nitrogen and oxygen atoms in total. The Balaban J connectivity index is 2.08. The molecule has 2 amide bonds. The molecule has 0 aliphatic heterocycles. The van der Waals surface area contributed by atoms with Crippen LogP contribution in [0.15, 0.2) is 58.6 Å². The number of nitrogens with zero attached hydrogens (tertiary/aromatic N) is 1. The van der Waals surface area contributed by atoms with Crippen LogP contribution < -0.4 is 25.0 Å². The van der Waals surface area contributed by atoms with E-state index >= 15 is 0 Å². The number of carbonyl (C=O) groups is 2. The van der Waals surface area contributed by atoms with Crippen LogP contribution in [0.5, 0.6) is 17.2 Å². The van der Waals surface area contributed by atoms with Gasteiger partial charge in [-0.25, -0.2) is 5.43 Å². The summed E-state index contributed by atoms with van der Waals surface area (Å²) in [5.74, 6) is -0.398. The molecule has 0 spiro atoms. The zero-order chi connectivity index (χ0) is 24.4. The molecular weight excluding hydrogens is 490 g/mol. The average molecular weight is 518 g/mol. The van der Waals surface area contributed by atoms with E-state index in [0.717, 1.165) is 0 Å². The van der Waals surface area contributed by atoms with Crippen molar-refractivity contribution in [3.05, 3.63) is 59.1 Å². The lowest BCUT2D eigenvalue weighted by Gasteiger charge is -2.18. The van der Waals surface area contributed by atoms with E-state index in [-0.39, 0.29) is 5.92 Å². The number of carbonyl (C=O) groups excluding carboxylic acids is 2. The molecule has 0 saturated heterocycles. The van der Waals surface area contributed by atoms with E-state index in [2.05, 4.69) is 38.4 Å². The van der Waals surface area contributed by atoms with Crippen LogP contribution in [0.3, 0.4) is 0 Å². The fourth-order valence-corrected chi connectivity index (χ4v) is 3.53.